The number of ketones is 1. The summed E-state index contributed by atoms with van der Waals surface area (Å²) in [6, 6.07) is 10.5. The molecule has 0 saturated carbocycles. The number of amides is 1. The minimum atomic E-state index is -1.19. The number of aliphatic hydroxyl groups is 1. The lowest BCUT2D eigenvalue weighted by molar-refractivity contribution is -0.132. The second kappa shape index (κ2) is 7.68. The van der Waals surface area contributed by atoms with Gasteiger partial charge in [0.25, 0.3) is 11.7 Å². The lowest BCUT2D eigenvalue weighted by Crippen LogP contribution is -2.30. The number of aromatic nitrogens is 1. The van der Waals surface area contributed by atoms with E-state index in [0.717, 1.165) is 23.1 Å². The lowest BCUT2D eigenvalue weighted by atomic mass is 9.96. The maximum atomic E-state index is 14.5. The van der Waals surface area contributed by atoms with Gasteiger partial charge in [-0.1, -0.05) is 23.7 Å². The highest BCUT2D eigenvalue weighted by atomic mass is 35.5. The quantitative estimate of drug-likeness (QED) is 0.376. The molecular formula is C22H13ClF2N2O3. The molecule has 0 radical (unpaired) electrons. The number of pyridine rings is 1. The summed E-state index contributed by atoms with van der Waals surface area (Å²) in [6.45, 7) is 0. The Morgan fingerprint density at radius 2 is 1.77 bits per heavy atom. The van der Waals surface area contributed by atoms with Crippen LogP contribution in [-0.4, -0.2) is 21.8 Å². The molecule has 2 aromatic carbocycles. The fraction of sp³-hybridized carbons (Fsp3) is 0.0455. The molecule has 2 heterocycles. The van der Waals surface area contributed by atoms with Gasteiger partial charge in [-0.15, -0.1) is 0 Å². The molecule has 0 spiro atoms. The minimum absolute atomic E-state index is 0.208. The van der Waals surface area contributed by atoms with Crippen molar-refractivity contribution in [1.82, 2.24) is 4.98 Å². The van der Waals surface area contributed by atoms with Crippen molar-refractivity contribution in [2.24, 2.45) is 0 Å². The molecule has 0 bridgehead atoms. The summed E-state index contributed by atoms with van der Waals surface area (Å²) in [7, 11) is 0. The number of Topliss-reactive ketones (excluding diaryl/α,β-unsaturated/α-hetero) is 1. The summed E-state index contributed by atoms with van der Waals surface area (Å²) in [6.07, 6.45) is 2.85. The number of hydrogen-bond acceptors (Lipinski definition) is 4. The summed E-state index contributed by atoms with van der Waals surface area (Å²) in [5, 5.41) is 11.2. The van der Waals surface area contributed by atoms with Crippen molar-refractivity contribution in [2.75, 3.05) is 4.90 Å². The number of benzene rings is 2. The Morgan fingerprint density at radius 1 is 1.03 bits per heavy atom. The molecule has 1 aliphatic heterocycles. The molecule has 1 aliphatic rings. The number of aliphatic hydroxyl groups excluding tert-OH is 1. The molecule has 1 fully saturated rings. The van der Waals surface area contributed by atoms with Gasteiger partial charge in [-0.25, -0.2) is 8.78 Å². The van der Waals surface area contributed by atoms with E-state index in [9.17, 15) is 23.5 Å². The Labute approximate surface area is 174 Å². The van der Waals surface area contributed by atoms with Crippen molar-refractivity contribution in [3.05, 3.63) is 100 Å². The first kappa shape index (κ1) is 19.7. The lowest BCUT2D eigenvalue weighted by Gasteiger charge is -2.25. The Morgan fingerprint density at radius 3 is 2.47 bits per heavy atom. The Balaban J connectivity index is 1.99. The second-order valence-electron chi connectivity index (χ2n) is 6.56. The van der Waals surface area contributed by atoms with Crippen LogP contribution in [0.4, 0.5) is 14.5 Å². The SMILES string of the molecule is O=C1C(=O)N(c2cc(F)ccc2F)C(c2ccncc2)/C1=C(\O)c1cccc(Cl)c1. The van der Waals surface area contributed by atoms with Crippen LogP contribution in [0.2, 0.25) is 5.02 Å². The van der Waals surface area contributed by atoms with Crippen molar-refractivity contribution in [2.45, 2.75) is 6.04 Å². The highest BCUT2D eigenvalue weighted by Crippen LogP contribution is 2.43. The second-order valence-corrected chi connectivity index (χ2v) is 6.99. The van der Waals surface area contributed by atoms with Crippen LogP contribution in [0.15, 0.2) is 72.6 Å². The summed E-state index contributed by atoms with van der Waals surface area (Å²) < 4.78 is 28.4. The molecule has 1 saturated heterocycles. The predicted molar refractivity (Wildman–Crippen MR) is 107 cm³/mol. The summed E-state index contributed by atoms with van der Waals surface area (Å²) in [5.41, 5.74) is -0.0862. The third kappa shape index (κ3) is 3.33. The van der Waals surface area contributed by atoms with E-state index < -0.39 is 40.8 Å². The Kier molecular flexibility index (Phi) is 5.05. The van der Waals surface area contributed by atoms with Gasteiger partial charge in [-0.05, 0) is 42.0 Å². The number of nitrogens with zero attached hydrogens (tertiary/aromatic N) is 2. The first-order chi connectivity index (χ1) is 14.4. The Bertz CT molecular complexity index is 1200. The Hall–Kier alpha value is -3.58. The van der Waals surface area contributed by atoms with Crippen molar-refractivity contribution in [3.8, 4) is 0 Å². The summed E-state index contributed by atoms with van der Waals surface area (Å²) in [4.78, 5) is 30.5. The summed E-state index contributed by atoms with van der Waals surface area (Å²) >= 11 is 5.98. The molecule has 3 aromatic rings. The molecular weight excluding hydrogens is 414 g/mol. The molecule has 30 heavy (non-hydrogen) atoms. The van der Waals surface area contributed by atoms with E-state index >= 15 is 0 Å². The smallest absolute Gasteiger partial charge is 0.300 e. The van der Waals surface area contributed by atoms with Crippen LogP contribution in [-0.2, 0) is 9.59 Å². The van der Waals surface area contributed by atoms with Crippen LogP contribution < -0.4 is 4.90 Å². The first-order valence-corrected chi connectivity index (χ1v) is 9.18. The van der Waals surface area contributed by atoms with Gasteiger partial charge in [-0.3, -0.25) is 19.5 Å². The van der Waals surface area contributed by atoms with Crippen molar-refractivity contribution >= 4 is 34.7 Å². The van der Waals surface area contributed by atoms with Gasteiger partial charge in [0.2, 0.25) is 0 Å². The van der Waals surface area contributed by atoms with E-state index in [-0.39, 0.29) is 11.1 Å². The van der Waals surface area contributed by atoms with Gasteiger partial charge in [0.15, 0.2) is 0 Å². The molecule has 8 heteroatoms. The maximum absolute atomic E-state index is 14.5. The van der Waals surface area contributed by atoms with Crippen LogP contribution in [0.3, 0.4) is 0 Å². The molecule has 0 aliphatic carbocycles. The molecule has 1 aromatic heterocycles. The van der Waals surface area contributed by atoms with E-state index in [4.69, 9.17) is 11.6 Å². The van der Waals surface area contributed by atoms with E-state index in [1.165, 1.54) is 36.7 Å². The third-order valence-electron chi connectivity index (χ3n) is 4.73. The third-order valence-corrected chi connectivity index (χ3v) is 4.97. The normalized spacial score (nSPS) is 18.1. The van der Waals surface area contributed by atoms with Crippen LogP contribution in [0.25, 0.3) is 5.76 Å². The van der Waals surface area contributed by atoms with E-state index in [1.807, 2.05) is 0 Å². The molecule has 1 N–H and O–H groups in total. The number of hydrogen-bond donors (Lipinski definition) is 1. The van der Waals surface area contributed by atoms with Gasteiger partial charge in [0.05, 0.1) is 17.3 Å². The van der Waals surface area contributed by atoms with Crippen LogP contribution in [0.1, 0.15) is 17.2 Å². The van der Waals surface area contributed by atoms with Crippen LogP contribution in [0.5, 0.6) is 0 Å². The van der Waals surface area contributed by atoms with Crippen molar-refractivity contribution < 1.29 is 23.5 Å². The number of carbonyl (C=O) groups excluding carboxylic acids is 2. The van der Waals surface area contributed by atoms with Crippen molar-refractivity contribution in [1.29, 1.82) is 0 Å². The molecule has 1 unspecified atom stereocenters. The molecule has 1 atom stereocenters. The average molecular weight is 427 g/mol. The van der Waals surface area contributed by atoms with Gasteiger partial charge in [0.1, 0.15) is 17.4 Å². The van der Waals surface area contributed by atoms with Gasteiger partial charge < -0.3 is 5.11 Å². The number of rotatable bonds is 3. The predicted octanol–water partition coefficient (Wildman–Crippen LogP) is 4.64. The van der Waals surface area contributed by atoms with Crippen LogP contribution in [0, 0.1) is 11.6 Å². The first-order valence-electron chi connectivity index (χ1n) is 8.80. The van der Waals surface area contributed by atoms with Crippen LogP contribution >= 0.6 is 11.6 Å². The fourth-order valence-corrected chi connectivity index (χ4v) is 3.59. The average Bonchev–Trinajstić information content (AvgIpc) is 3.00. The van der Waals surface area contributed by atoms with Gasteiger partial charge in [0, 0.05) is 29.0 Å². The largest absolute Gasteiger partial charge is 0.507 e. The van der Waals surface area contributed by atoms with Gasteiger partial charge >= 0.3 is 0 Å². The van der Waals surface area contributed by atoms with E-state index in [0.29, 0.717) is 10.6 Å². The highest BCUT2D eigenvalue weighted by Gasteiger charge is 2.47. The molecule has 150 valence electrons. The number of halogens is 3. The van der Waals surface area contributed by atoms with E-state index in [1.54, 1.807) is 12.1 Å². The molecule has 5 nitrogen and oxygen atoms in total. The monoisotopic (exact) mass is 426 g/mol. The van der Waals surface area contributed by atoms with Crippen molar-refractivity contribution in [3.63, 3.8) is 0 Å². The zero-order valence-electron chi connectivity index (χ0n) is 15.2. The topological polar surface area (TPSA) is 70.5 Å². The highest BCUT2D eigenvalue weighted by molar-refractivity contribution is 6.51. The fourth-order valence-electron chi connectivity index (χ4n) is 3.40. The number of carbonyl (C=O) groups is 2. The zero-order chi connectivity index (χ0) is 21.4. The molecule has 1 amide bonds. The molecule has 4 rings (SSSR count). The van der Waals surface area contributed by atoms with Gasteiger partial charge in [-0.2, -0.15) is 0 Å². The standard InChI is InChI=1S/C22H13ClF2N2O3/c23-14-3-1-2-13(10-14)20(28)18-19(12-6-8-26-9-7-12)27(22(30)21(18)29)17-11-15(24)4-5-16(17)25/h1-11,19,28H/b20-18+. The summed E-state index contributed by atoms with van der Waals surface area (Å²) in [5.74, 6) is -4.27. The van der Waals surface area contributed by atoms with E-state index in [2.05, 4.69) is 4.98 Å². The number of anilines is 1. The maximum Gasteiger partial charge on any atom is 0.300 e. The minimum Gasteiger partial charge on any atom is -0.507 e. The zero-order valence-corrected chi connectivity index (χ0v) is 16.0.